The Morgan fingerprint density at radius 3 is 2.10 bits per heavy atom. The van der Waals surface area contributed by atoms with E-state index in [0.29, 0.717) is 5.69 Å². The number of H-pyrrole nitrogens is 1. The van der Waals surface area contributed by atoms with Gasteiger partial charge in [-0.2, -0.15) is 12.6 Å². The number of nitrogens with one attached hydrogen (secondary N) is 4. The fourth-order valence-corrected chi connectivity index (χ4v) is 2.50. The number of nitrogens with two attached hydrogens (primary N) is 1. The van der Waals surface area contributed by atoms with Crippen LogP contribution in [0.3, 0.4) is 0 Å². The first-order valence-electron chi connectivity index (χ1n) is 8.74. The van der Waals surface area contributed by atoms with E-state index < -0.39 is 60.2 Å². The molecule has 1 aromatic rings. The van der Waals surface area contributed by atoms with Gasteiger partial charge in [0.25, 0.3) is 0 Å². The van der Waals surface area contributed by atoms with E-state index in [-0.39, 0.29) is 12.2 Å². The molecule has 13 nitrogen and oxygen atoms in total. The lowest BCUT2D eigenvalue weighted by Crippen LogP contribution is -2.58. The monoisotopic (exact) mass is 444 g/mol. The van der Waals surface area contributed by atoms with E-state index in [4.69, 9.17) is 15.9 Å². The zero-order chi connectivity index (χ0) is 22.8. The van der Waals surface area contributed by atoms with Crippen molar-refractivity contribution in [2.24, 2.45) is 5.73 Å². The summed E-state index contributed by atoms with van der Waals surface area (Å²) in [6.45, 7) is 1.42. The standard InChI is InChI=1S/C16H24N6O7S/c1-7(17)13(25)22-11(5-30)15(27)20-9(2-8-4-18-6-19-8)14(26)21-10(16(28)29)3-12(23)24/h4,6-7,9-11,30H,2-3,5,17H2,1H3,(H,18,19)(H,20,27)(H,21,26)(H,22,25)(H,23,24)(H,28,29). The lowest BCUT2D eigenvalue weighted by atomic mass is 10.1. The highest BCUT2D eigenvalue weighted by atomic mass is 32.1. The molecule has 1 rings (SSSR count). The third-order valence-electron chi connectivity index (χ3n) is 3.83. The van der Waals surface area contributed by atoms with Crippen LogP contribution in [-0.2, 0) is 30.4 Å². The number of aromatic amines is 1. The average Bonchev–Trinajstić information content (AvgIpc) is 3.17. The Bertz CT molecular complexity index is 770. The Kier molecular flexibility index (Phi) is 9.77. The van der Waals surface area contributed by atoms with E-state index in [0.717, 1.165) is 0 Å². The Morgan fingerprint density at radius 1 is 1.07 bits per heavy atom. The summed E-state index contributed by atoms with van der Waals surface area (Å²) in [7, 11) is 0. The molecule has 8 N–H and O–H groups in total. The summed E-state index contributed by atoms with van der Waals surface area (Å²) >= 11 is 4.01. The van der Waals surface area contributed by atoms with Gasteiger partial charge in [0.15, 0.2) is 0 Å². The molecule has 0 aromatic carbocycles. The highest BCUT2D eigenvalue weighted by molar-refractivity contribution is 7.80. The van der Waals surface area contributed by atoms with Crippen LogP contribution in [0.2, 0.25) is 0 Å². The first-order chi connectivity index (χ1) is 14.0. The number of amides is 3. The van der Waals surface area contributed by atoms with Gasteiger partial charge in [-0.05, 0) is 6.92 Å². The summed E-state index contributed by atoms with van der Waals surface area (Å²) in [5.41, 5.74) is 5.90. The molecule has 0 aliphatic carbocycles. The fourth-order valence-electron chi connectivity index (χ4n) is 2.24. The number of carbonyl (C=O) groups excluding carboxylic acids is 3. The summed E-state index contributed by atoms with van der Waals surface area (Å²) < 4.78 is 0. The minimum absolute atomic E-state index is 0.0978. The molecule has 0 saturated carbocycles. The summed E-state index contributed by atoms with van der Waals surface area (Å²) in [6.07, 6.45) is 1.79. The third kappa shape index (κ3) is 8.08. The summed E-state index contributed by atoms with van der Waals surface area (Å²) in [5.74, 6) is -5.36. The minimum atomic E-state index is -1.70. The normalized spacial score (nSPS) is 14.6. The SMILES string of the molecule is CC(N)C(=O)NC(CS)C(=O)NC(Cc1cnc[nH]1)C(=O)NC(CC(=O)O)C(=O)O. The van der Waals surface area contributed by atoms with E-state index >= 15 is 0 Å². The van der Waals surface area contributed by atoms with Crippen LogP contribution in [0.5, 0.6) is 0 Å². The van der Waals surface area contributed by atoms with Crippen LogP contribution in [0.15, 0.2) is 12.5 Å². The van der Waals surface area contributed by atoms with Gasteiger partial charge in [0.1, 0.15) is 18.1 Å². The van der Waals surface area contributed by atoms with Crippen LogP contribution in [-0.4, -0.2) is 79.8 Å². The molecule has 0 bridgehead atoms. The lowest BCUT2D eigenvalue weighted by Gasteiger charge is -2.23. The van der Waals surface area contributed by atoms with Gasteiger partial charge in [-0.3, -0.25) is 19.2 Å². The van der Waals surface area contributed by atoms with Gasteiger partial charge in [0.2, 0.25) is 17.7 Å². The number of aromatic nitrogens is 2. The zero-order valence-electron chi connectivity index (χ0n) is 16.0. The van der Waals surface area contributed by atoms with Gasteiger partial charge < -0.3 is 36.9 Å². The van der Waals surface area contributed by atoms with Gasteiger partial charge in [0, 0.05) is 24.1 Å². The lowest BCUT2D eigenvalue weighted by molar-refractivity contribution is -0.147. The van der Waals surface area contributed by atoms with Crippen LogP contribution >= 0.6 is 12.6 Å². The second-order valence-corrected chi connectivity index (χ2v) is 6.74. The molecule has 4 atom stereocenters. The Hall–Kier alpha value is -3.13. The zero-order valence-corrected chi connectivity index (χ0v) is 16.9. The van der Waals surface area contributed by atoms with Crippen molar-refractivity contribution >= 4 is 42.3 Å². The molecule has 14 heteroatoms. The van der Waals surface area contributed by atoms with Gasteiger partial charge >= 0.3 is 11.9 Å². The topological polar surface area (TPSA) is 217 Å². The number of nitrogens with zero attached hydrogens (tertiary/aromatic N) is 1. The number of carboxylic acid groups (broad SMARTS) is 2. The molecule has 0 aliphatic heterocycles. The summed E-state index contributed by atoms with van der Waals surface area (Å²) in [4.78, 5) is 65.5. The van der Waals surface area contributed by atoms with Crippen LogP contribution in [0.1, 0.15) is 19.0 Å². The van der Waals surface area contributed by atoms with Crippen molar-refractivity contribution in [3.63, 3.8) is 0 Å². The van der Waals surface area contributed by atoms with E-state index in [2.05, 4.69) is 38.5 Å². The van der Waals surface area contributed by atoms with Gasteiger partial charge in [-0.15, -0.1) is 0 Å². The first kappa shape index (κ1) is 24.9. The van der Waals surface area contributed by atoms with Gasteiger partial charge in [-0.25, -0.2) is 9.78 Å². The quantitative estimate of drug-likeness (QED) is 0.156. The average molecular weight is 444 g/mol. The van der Waals surface area contributed by atoms with Crippen molar-refractivity contribution in [2.75, 3.05) is 5.75 Å². The van der Waals surface area contributed by atoms with E-state index in [1.54, 1.807) is 0 Å². The van der Waals surface area contributed by atoms with Crippen LogP contribution in [0.25, 0.3) is 0 Å². The van der Waals surface area contributed by atoms with Crippen molar-refractivity contribution < 1.29 is 34.2 Å². The summed E-state index contributed by atoms with van der Waals surface area (Å²) in [6, 6.07) is -4.98. The minimum Gasteiger partial charge on any atom is -0.481 e. The smallest absolute Gasteiger partial charge is 0.326 e. The number of imidazole rings is 1. The molecule has 3 amide bonds. The Labute approximate surface area is 176 Å². The van der Waals surface area contributed by atoms with E-state index in [1.807, 2.05) is 0 Å². The van der Waals surface area contributed by atoms with Crippen molar-refractivity contribution in [1.82, 2.24) is 25.9 Å². The molecule has 166 valence electrons. The summed E-state index contributed by atoms with van der Waals surface area (Å²) in [5, 5.41) is 24.8. The number of carboxylic acids is 2. The molecule has 1 aromatic heterocycles. The molecule has 0 radical (unpaired) electrons. The highest BCUT2D eigenvalue weighted by Crippen LogP contribution is 2.03. The number of hydrogen-bond donors (Lipinski definition) is 8. The second-order valence-electron chi connectivity index (χ2n) is 6.37. The van der Waals surface area contributed by atoms with E-state index in [1.165, 1.54) is 19.4 Å². The van der Waals surface area contributed by atoms with Crippen molar-refractivity contribution in [2.45, 2.75) is 43.9 Å². The Balaban J connectivity index is 2.97. The first-order valence-corrected chi connectivity index (χ1v) is 9.37. The number of rotatable bonds is 12. The van der Waals surface area contributed by atoms with Gasteiger partial charge in [0.05, 0.1) is 18.8 Å². The van der Waals surface area contributed by atoms with Crippen LogP contribution in [0.4, 0.5) is 0 Å². The van der Waals surface area contributed by atoms with Crippen molar-refractivity contribution in [1.29, 1.82) is 0 Å². The molecule has 0 saturated heterocycles. The fraction of sp³-hybridized carbons (Fsp3) is 0.500. The second kappa shape index (κ2) is 11.8. The number of carbonyl (C=O) groups is 5. The molecule has 1 heterocycles. The van der Waals surface area contributed by atoms with E-state index in [9.17, 15) is 24.0 Å². The third-order valence-corrected chi connectivity index (χ3v) is 4.20. The number of aliphatic carboxylic acids is 2. The molecule has 30 heavy (non-hydrogen) atoms. The molecule has 0 aliphatic rings. The molecule has 4 unspecified atom stereocenters. The number of thiol groups is 1. The molecular formula is C16H24N6O7S. The molecule has 0 fully saturated rings. The maximum atomic E-state index is 12.6. The van der Waals surface area contributed by atoms with Crippen molar-refractivity contribution in [3.05, 3.63) is 18.2 Å². The largest absolute Gasteiger partial charge is 0.481 e. The number of hydrogen-bond acceptors (Lipinski definition) is 8. The van der Waals surface area contributed by atoms with Gasteiger partial charge in [-0.1, -0.05) is 0 Å². The predicted molar refractivity (Wildman–Crippen MR) is 105 cm³/mol. The molecular weight excluding hydrogens is 420 g/mol. The predicted octanol–water partition coefficient (Wildman–Crippen LogP) is -2.76. The maximum Gasteiger partial charge on any atom is 0.326 e. The Morgan fingerprint density at radius 2 is 1.63 bits per heavy atom. The molecule has 0 spiro atoms. The van der Waals surface area contributed by atoms with Crippen LogP contribution in [0, 0.1) is 0 Å². The van der Waals surface area contributed by atoms with Crippen molar-refractivity contribution in [3.8, 4) is 0 Å². The highest BCUT2D eigenvalue weighted by Gasteiger charge is 2.30. The van der Waals surface area contributed by atoms with Crippen LogP contribution < -0.4 is 21.7 Å². The maximum absolute atomic E-state index is 12.6.